The van der Waals surface area contributed by atoms with Crippen molar-refractivity contribution in [1.29, 1.82) is 0 Å². The Morgan fingerprint density at radius 3 is 2.88 bits per heavy atom. The molecule has 90 valence electrons. The fourth-order valence-corrected chi connectivity index (χ4v) is 2.08. The zero-order valence-electron chi connectivity index (χ0n) is 9.69. The summed E-state index contributed by atoms with van der Waals surface area (Å²) in [6, 6.07) is 0. The molecule has 1 rings (SSSR count). The first-order valence-electron chi connectivity index (χ1n) is 5.49. The molecular weight excluding hydrogens is 224 g/mol. The van der Waals surface area contributed by atoms with Crippen molar-refractivity contribution < 1.29 is 9.90 Å². The number of aromatic nitrogens is 1. The molecule has 0 unspecified atom stereocenters. The van der Waals surface area contributed by atoms with E-state index >= 15 is 0 Å². The minimum atomic E-state index is -0.0295. The molecule has 0 bridgehead atoms. The van der Waals surface area contributed by atoms with Crippen LogP contribution < -0.4 is 5.32 Å². The Bertz CT molecular complexity index is 336. The summed E-state index contributed by atoms with van der Waals surface area (Å²) in [7, 11) is 0. The van der Waals surface area contributed by atoms with E-state index in [1.54, 1.807) is 0 Å². The molecule has 1 amide bonds. The molecule has 1 aromatic heterocycles. The van der Waals surface area contributed by atoms with E-state index in [1.165, 1.54) is 11.3 Å². The smallest absolute Gasteiger partial charge is 0.226 e. The highest BCUT2D eigenvalue weighted by Crippen LogP contribution is 2.21. The van der Waals surface area contributed by atoms with Crippen molar-refractivity contribution in [2.24, 2.45) is 0 Å². The maximum Gasteiger partial charge on any atom is 0.226 e. The lowest BCUT2D eigenvalue weighted by atomic mass is 10.2. The van der Waals surface area contributed by atoms with Gasteiger partial charge in [0.1, 0.15) is 0 Å². The third kappa shape index (κ3) is 4.28. The normalized spacial score (nSPS) is 10.8. The Balaban J connectivity index is 2.37. The second-order valence-corrected chi connectivity index (χ2v) is 4.82. The summed E-state index contributed by atoms with van der Waals surface area (Å²) in [5.74, 6) is 0.356. The van der Waals surface area contributed by atoms with Crippen LogP contribution in [0, 0.1) is 0 Å². The Morgan fingerprint density at radius 1 is 1.56 bits per heavy atom. The molecule has 16 heavy (non-hydrogen) atoms. The highest BCUT2D eigenvalue weighted by molar-refractivity contribution is 7.13. The van der Waals surface area contributed by atoms with Gasteiger partial charge in [-0.3, -0.25) is 4.79 Å². The van der Waals surface area contributed by atoms with Crippen LogP contribution in [-0.2, 0) is 4.79 Å². The molecule has 0 saturated heterocycles. The lowest BCUT2D eigenvalue weighted by Gasteiger charge is -2.01. The molecule has 0 radical (unpaired) electrons. The molecule has 4 nitrogen and oxygen atoms in total. The molecule has 0 aliphatic rings. The lowest BCUT2D eigenvalue weighted by Crippen LogP contribution is -2.11. The van der Waals surface area contributed by atoms with Gasteiger partial charge in [0, 0.05) is 18.4 Å². The molecule has 1 heterocycles. The summed E-state index contributed by atoms with van der Waals surface area (Å²) in [5.41, 5.74) is 1.01. The topological polar surface area (TPSA) is 62.2 Å². The van der Waals surface area contributed by atoms with Crippen LogP contribution in [0.25, 0.3) is 0 Å². The predicted molar refractivity (Wildman–Crippen MR) is 65.8 cm³/mol. The summed E-state index contributed by atoms with van der Waals surface area (Å²) in [4.78, 5) is 15.8. The second kappa shape index (κ2) is 6.60. The van der Waals surface area contributed by atoms with E-state index < -0.39 is 0 Å². The van der Waals surface area contributed by atoms with Gasteiger partial charge in [0.05, 0.1) is 5.69 Å². The van der Waals surface area contributed by atoms with Gasteiger partial charge in [0.2, 0.25) is 5.91 Å². The third-order valence-electron chi connectivity index (χ3n) is 2.17. The van der Waals surface area contributed by atoms with Crippen molar-refractivity contribution in [3.8, 4) is 0 Å². The molecule has 1 aromatic rings. The van der Waals surface area contributed by atoms with Crippen molar-refractivity contribution in [1.82, 2.24) is 4.98 Å². The molecule has 0 aliphatic carbocycles. The van der Waals surface area contributed by atoms with Crippen LogP contribution in [-0.4, -0.2) is 22.6 Å². The molecule has 0 aliphatic heterocycles. The number of carbonyl (C=O) groups excluding carboxylic acids is 1. The maximum atomic E-state index is 11.4. The molecule has 0 spiro atoms. The minimum Gasteiger partial charge on any atom is -0.396 e. The molecule has 0 fully saturated rings. The van der Waals surface area contributed by atoms with Crippen LogP contribution in [0.4, 0.5) is 5.13 Å². The van der Waals surface area contributed by atoms with Crippen LogP contribution in [0.1, 0.15) is 44.7 Å². The van der Waals surface area contributed by atoms with Gasteiger partial charge >= 0.3 is 0 Å². The predicted octanol–water partition coefficient (Wildman–Crippen LogP) is 2.37. The van der Waals surface area contributed by atoms with Crippen LogP contribution >= 0.6 is 11.3 Å². The van der Waals surface area contributed by atoms with Gasteiger partial charge in [-0.2, -0.15) is 0 Å². The number of amides is 1. The van der Waals surface area contributed by atoms with E-state index in [0.29, 0.717) is 30.3 Å². The monoisotopic (exact) mass is 242 g/mol. The maximum absolute atomic E-state index is 11.4. The fourth-order valence-electron chi connectivity index (χ4n) is 1.19. The fraction of sp³-hybridized carbons (Fsp3) is 0.636. The van der Waals surface area contributed by atoms with E-state index in [1.807, 2.05) is 5.38 Å². The average Bonchev–Trinajstić information content (AvgIpc) is 2.66. The summed E-state index contributed by atoms with van der Waals surface area (Å²) in [5, 5.41) is 14.0. The van der Waals surface area contributed by atoms with Gasteiger partial charge in [-0.25, -0.2) is 4.98 Å². The Hall–Kier alpha value is -0.940. The minimum absolute atomic E-state index is 0.0295. The second-order valence-electron chi connectivity index (χ2n) is 3.96. The van der Waals surface area contributed by atoms with Crippen LogP contribution in [0.2, 0.25) is 0 Å². The van der Waals surface area contributed by atoms with E-state index in [-0.39, 0.29) is 12.5 Å². The van der Waals surface area contributed by atoms with Crippen molar-refractivity contribution >= 4 is 22.4 Å². The Labute approximate surface area is 99.7 Å². The van der Waals surface area contributed by atoms with Crippen molar-refractivity contribution in [2.75, 3.05) is 11.9 Å². The van der Waals surface area contributed by atoms with Gasteiger partial charge in [0.25, 0.3) is 0 Å². The highest BCUT2D eigenvalue weighted by atomic mass is 32.1. The van der Waals surface area contributed by atoms with Crippen molar-refractivity contribution in [3.05, 3.63) is 11.1 Å². The molecule has 0 saturated carbocycles. The summed E-state index contributed by atoms with van der Waals surface area (Å²) in [6.45, 7) is 4.28. The first-order valence-corrected chi connectivity index (χ1v) is 6.37. The molecular formula is C11H18N2O2S. The number of hydrogen-bond acceptors (Lipinski definition) is 4. The number of aliphatic hydroxyl groups is 1. The van der Waals surface area contributed by atoms with E-state index in [4.69, 9.17) is 5.11 Å². The van der Waals surface area contributed by atoms with Gasteiger partial charge in [-0.05, 0) is 18.8 Å². The number of rotatable bonds is 6. The summed E-state index contributed by atoms with van der Waals surface area (Å²) >= 11 is 1.45. The first kappa shape index (κ1) is 13.1. The van der Waals surface area contributed by atoms with Crippen LogP contribution in [0.3, 0.4) is 0 Å². The number of carbonyl (C=O) groups is 1. The highest BCUT2D eigenvalue weighted by Gasteiger charge is 2.08. The number of unbranched alkanes of at least 4 members (excludes halogenated alkanes) is 1. The number of aliphatic hydroxyl groups excluding tert-OH is 1. The standard InChI is InChI=1S/C11H18N2O2S/c1-8(2)9-7-16-11(12-9)13-10(15)5-3-4-6-14/h7-8,14H,3-6H2,1-2H3,(H,12,13,15). The van der Waals surface area contributed by atoms with Crippen molar-refractivity contribution in [3.63, 3.8) is 0 Å². The molecule has 0 atom stereocenters. The number of hydrogen-bond donors (Lipinski definition) is 2. The SMILES string of the molecule is CC(C)c1csc(NC(=O)CCCCO)n1. The molecule has 5 heteroatoms. The zero-order chi connectivity index (χ0) is 12.0. The Kier molecular flexibility index (Phi) is 5.42. The number of thiazole rings is 1. The lowest BCUT2D eigenvalue weighted by molar-refractivity contribution is -0.116. The van der Waals surface area contributed by atoms with Crippen LogP contribution in [0.5, 0.6) is 0 Å². The third-order valence-corrected chi connectivity index (χ3v) is 2.95. The Morgan fingerprint density at radius 2 is 2.31 bits per heavy atom. The van der Waals surface area contributed by atoms with Gasteiger partial charge in [-0.15, -0.1) is 11.3 Å². The van der Waals surface area contributed by atoms with E-state index in [2.05, 4.69) is 24.1 Å². The van der Waals surface area contributed by atoms with Gasteiger partial charge < -0.3 is 10.4 Å². The first-order chi connectivity index (χ1) is 7.63. The summed E-state index contributed by atoms with van der Waals surface area (Å²) < 4.78 is 0. The van der Waals surface area contributed by atoms with Gasteiger partial charge in [0.15, 0.2) is 5.13 Å². The average molecular weight is 242 g/mol. The van der Waals surface area contributed by atoms with Crippen LogP contribution in [0.15, 0.2) is 5.38 Å². The number of nitrogens with one attached hydrogen (secondary N) is 1. The number of nitrogens with zero attached hydrogens (tertiary/aromatic N) is 1. The quantitative estimate of drug-likeness (QED) is 0.753. The molecule has 2 N–H and O–H groups in total. The van der Waals surface area contributed by atoms with E-state index in [0.717, 1.165) is 5.69 Å². The van der Waals surface area contributed by atoms with Crippen molar-refractivity contribution in [2.45, 2.75) is 39.0 Å². The molecule has 0 aromatic carbocycles. The zero-order valence-corrected chi connectivity index (χ0v) is 10.5. The number of anilines is 1. The summed E-state index contributed by atoms with van der Waals surface area (Å²) in [6.07, 6.45) is 1.82. The largest absolute Gasteiger partial charge is 0.396 e. The van der Waals surface area contributed by atoms with Gasteiger partial charge in [-0.1, -0.05) is 13.8 Å². The van der Waals surface area contributed by atoms with E-state index in [9.17, 15) is 4.79 Å².